The van der Waals surface area contributed by atoms with Crippen molar-refractivity contribution in [1.82, 2.24) is 0 Å². The topological polar surface area (TPSA) is 29.5 Å². The number of benzene rings is 1. The Labute approximate surface area is 99.4 Å². The van der Waals surface area contributed by atoms with Crippen LogP contribution in [0.2, 0.25) is 0 Å². The van der Waals surface area contributed by atoms with Gasteiger partial charge in [-0.2, -0.15) is 0 Å². The predicted molar refractivity (Wildman–Crippen MR) is 65.5 cm³/mol. The lowest BCUT2D eigenvalue weighted by molar-refractivity contribution is 0.214. The molecular formula is C12H17BrO2. The first-order chi connectivity index (χ1) is 6.92. The lowest BCUT2D eigenvalue weighted by atomic mass is 9.84. The molecule has 1 N–H and O–H groups in total. The van der Waals surface area contributed by atoms with Gasteiger partial charge in [0.2, 0.25) is 0 Å². The number of hydrogen-bond donors (Lipinski definition) is 1. The van der Waals surface area contributed by atoms with E-state index >= 15 is 0 Å². The zero-order valence-electron chi connectivity index (χ0n) is 9.60. The van der Waals surface area contributed by atoms with Gasteiger partial charge in [0, 0.05) is 11.0 Å². The average Bonchev–Trinajstić information content (AvgIpc) is 2.16. The van der Waals surface area contributed by atoms with Crippen molar-refractivity contribution in [2.75, 3.05) is 13.7 Å². The van der Waals surface area contributed by atoms with E-state index in [9.17, 15) is 5.11 Å². The molecule has 0 aliphatic rings. The fourth-order valence-corrected chi connectivity index (χ4v) is 2.26. The van der Waals surface area contributed by atoms with Gasteiger partial charge in [-0.1, -0.05) is 19.9 Å². The molecule has 0 amide bonds. The zero-order chi connectivity index (χ0) is 11.6. The van der Waals surface area contributed by atoms with E-state index in [0.29, 0.717) is 0 Å². The third kappa shape index (κ3) is 2.52. The molecule has 0 aliphatic heterocycles. The van der Waals surface area contributed by atoms with E-state index in [-0.39, 0.29) is 12.0 Å². The Kier molecular flexibility index (Phi) is 3.79. The number of aryl methyl sites for hydroxylation is 1. The lowest BCUT2D eigenvalue weighted by Gasteiger charge is -2.25. The van der Waals surface area contributed by atoms with Crippen LogP contribution in [0.25, 0.3) is 0 Å². The summed E-state index contributed by atoms with van der Waals surface area (Å²) in [5, 5.41) is 9.38. The number of hydrogen-bond acceptors (Lipinski definition) is 2. The molecule has 3 heteroatoms. The van der Waals surface area contributed by atoms with Crippen molar-refractivity contribution in [2.45, 2.75) is 26.2 Å². The molecule has 1 rings (SSSR count). The maximum atomic E-state index is 9.38. The molecule has 1 aromatic rings. The molecule has 0 bridgehead atoms. The van der Waals surface area contributed by atoms with Gasteiger partial charge in [-0.15, -0.1) is 0 Å². The quantitative estimate of drug-likeness (QED) is 0.917. The fourth-order valence-electron chi connectivity index (χ4n) is 1.52. The van der Waals surface area contributed by atoms with Gasteiger partial charge < -0.3 is 9.84 Å². The Hall–Kier alpha value is -0.540. The van der Waals surface area contributed by atoms with Gasteiger partial charge in [-0.25, -0.2) is 0 Å². The summed E-state index contributed by atoms with van der Waals surface area (Å²) in [6.07, 6.45) is 0. The van der Waals surface area contributed by atoms with Gasteiger partial charge >= 0.3 is 0 Å². The van der Waals surface area contributed by atoms with E-state index in [1.165, 1.54) is 0 Å². The molecule has 0 radical (unpaired) electrons. The molecule has 84 valence electrons. The van der Waals surface area contributed by atoms with Gasteiger partial charge in [0.15, 0.2) is 0 Å². The molecule has 0 heterocycles. The number of aliphatic hydroxyl groups is 1. The SMILES string of the molecule is COc1c(Br)cc(C)cc1C(C)(C)CO. The van der Waals surface area contributed by atoms with Crippen LogP contribution in [0.3, 0.4) is 0 Å². The summed E-state index contributed by atoms with van der Waals surface area (Å²) in [5.41, 5.74) is 1.89. The maximum Gasteiger partial charge on any atom is 0.136 e. The molecular weight excluding hydrogens is 256 g/mol. The maximum absolute atomic E-state index is 9.38. The van der Waals surface area contributed by atoms with E-state index in [4.69, 9.17) is 4.74 Å². The molecule has 0 saturated carbocycles. The molecule has 0 saturated heterocycles. The summed E-state index contributed by atoms with van der Waals surface area (Å²) in [7, 11) is 1.65. The van der Waals surface area contributed by atoms with Crippen LogP contribution in [0.15, 0.2) is 16.6 Å². The highest BCUT2D eigenvalue weighted by molar-refractivity contribution is 9.10. The number of rotatable bonds is 3. The van der Waals surface area contributed by atoms with Crippen molar-refractivity contribution in [3.63, 3.8) is 0 Å². The standard InChI is InChI=1S/C12H17BrO2/c1-8-5-9(12(2,3)7-14)11(15-4)10(13)6-8/h5-6,14H,7H2,1-4H3. The van der Waals surface area contributed by atoms with E-state index in [0.717, 1.165) is 21.3 Å². The van der Waals surface area contributed by atoms with Crippen LogP contribution in [-0.4, -0.2) is 18.8 Å². The highest BCUT2D eigenvalue weighted by atomic mass is 79.9. The molecule has 0 fully saturated rings. The van der Waals surface area contributed by atoms with Crippen LogP contribution in [0, 0.1) is 6.92 Å². The highest BCUT2D eigenvalue weighted by Gasteiger charge is 2.25. The summed E-state index contributed by atoms with van der Waals surface area (Å²) in [4.78, 5) is 0. The largest absolute Gasteiger partial charge is 0.495 e. The Bertz CT molecular complexity index is 359. The average molecular weight is 273 g/mol. The number of ether oxygens (including phenoxy) is 1. The Morgan fingerprint density at radius 1 is 1.40 bits per heavy atom. The monoisotopic (exact) mass is 272 g/mol. The second-order valence-electron chi connectivity index (χ2n) is 4.37. The first kappa shape index (κ1) is 12.5. The van der Waals surface area contributed by atoms with Crippen LogP contribution in [0.4, 0.5) is 0 Å². The van der Waals surface area contributed by atoms with Gasteiger partial charge in [0.05, 0.1) is 18.2 Å². The molecule has 1 aromatic carbocycles. The Morgan fingerprint density at radius 2 is 2.00 bits per heavy atom. The van der Waals surface area contributed by atoms with Gasteiger partial charge in [-0.05, 0) is 34.5 Å². The first-order valence-electron chi connectivity index (χ1n) is 4.88. The van der Waals surface area contributed by atoms with Crippen LogP contribution in [0.5, 0.6) is 5.75 Å². The minimum Gasteiger partial charge on any atom is -0.495 e. The molecule has 2 nitrogen and oxygen atoms in total. The summed E-state index contributed by atoms with van der Waals surface area (Å²) in [6, 6.07) is 4.07. The summed E-state index contributed by atoms with van der Waals surface area (Å²) in [6.45, 7) is 6.12. The molecule has 0 spiro atoms. The van der Waals surface area contributed by atoms with Crippen molar-refractivity contribution in [3.8, 4) is 5.75 Å². The second kappa shape index (κ2) is 4.54. The Balaban J connectivity index is 3.39. The van der Waals surface area contributed by atoms with Gasteiger partial charge in [-0.3, -0.25) is 0 Å². The van der Waals surface area contributed by atoms with E-state index in [1.807, 2.05) is 26.8 Å². The van der Waals surface area contributed by atoms with Crippen molar-refractivity contribution in [1.29, 1.82) is 0 Å². The highest BCUT2D eigenvalue weighted by Crippen LogP contribution is 2.37. The predicted octanol–water partition coefficient (Wildman–Crippen LogP) is 3.04. The van der Waals surface area contributed by atoms with Crippen LogP contribution < -0.4 is 4.74 Å². The van der Waals surface area contributed by atoms with Gasteiger partial charge in [0.1, 0.15) is 5.75 Å². The molecule has 15 heavy (non-hydrogen) atoms. The third-order valence-electron chi connectivity index (χ3n) is 2.52. The van der Waals surface area contributed by atoms with Crippen molar-refractivity contribution >= 4 is 15.9 Å². The third-order valence-corrected chi connectivity index (χ3v) is 3.11. The van der Waals surface area contributed by atoms with Crippen LogP contribution in [-0.2, 0) is 5.41 Å². The summed E-state index contributed by atoms with van der Waals surface area (Å²) < 4.78 is 6.29. The van der Waals surface area contributed by atoms with E-state index in [1.54, 1.807) is 7.11 Å². The molecule has 0 aliphatic carbocycles. The van der Waals surface area contributed by atoms with Crippen molar-refractivity contribution in [2.24, 2.45) is 0 Å². The van der Waals surface area contributed by atoms with Crippen LogP contribution >= 0.6 is 15.9 Å². The normalized spacial score (nSPS) is 11.6. The number of methoxy groups -OCH3 is 1. The zero-order valence-corrected chi connectivity index (χ0v) is 11.2. The van der Waals surface area contributed by atoms with Crippen molar-refractivity contribution < 1.29 is 9.84 Å². The fraction of sp³-hybridized carbons (Fsp3) is 0.500. The molecule has 0 atom stereocenters. The number of aliphatic hydroxyl groups excluding tert-OH is 1. The minimum atomic E-state index is -0.292. The molecule has 0 unspecified atom stereocenters. The summed E-state index contributed by atoms with van der Waals surface area (Å²) >= 11 is 3.47. The lowest BCUT2D eigenvalue weighted by Crippen LogP contribution is -2.23. The summed E-state index contributed by atoms with van der Waals surface area (Å²) in [5.74, 6) is 0.805. The van der Waals surface area contributed by atoms with Crippen molar-refractivity contribution in [3.05, 3.63) is 27.7 Å². The smallest absolute Gasteiger partial charge is 0.136 e. The van der Waals surface area contributed by atoms with Gasteiger partial charge in [0.25, 0.3) is 0 Å². The number of halogens is 1. The Morgan fingerprint density at radius 3 is 2.47 bits per heavy atom. The van der Waals surface area contributed by atoms with E-state index in [2.05, 4.69) is 22.0 Å². The van der Waals surface area contributed by atoms with E-state index < -0.39 is 0 Å². The molecule has 0 aromatic heterocycles. The second-order valence-corrected chi connectivity index (χ2v) is 5.22. The minimum absolute atomic E-state index is 0.0965. The van der Waals surface area contributed by atoms with Crippen LogP contribution in [0.1, 0.15) is 25.0 Å². The first-order valence-corrected chi connectivity index (χ1v) is 5.67.